The van der Waals surface area contributed by atoms with E-state index in [-0.39, 0.29) is 21.4 Å². The Labute approximate surface area is 159 Å². The highest BCUT2D eigenvalue weighted by Gasteiger charge is 2.15. The highest BCUT2D eigenvalue weighted by atomic mass is 35.5. The van der Waals surface area contributed by atoms with Gasteiger partial charge in [-0.05, 0) is 30.3 Å². The van der Waals surface area contributed by atoms with Crippen molar-refractivity contribution < 1.29 is 32.0 Å². The van der Waals surface area contributed by atoms with Gasteiger partial charge in [0.15, 0.2) is 22.2 Å². The quantitative estimate of drug-likeness (QED) is 0.651. The average Bonchev–Trinajstić information content (AvgIpc) is 3.13. The SMILES string of the molecule is CS(=O)(=O)c1ccc(Cl)c(NC(=O)COC(=O)CNC(=O)c2ccco2)c1. The van der Waals surface area contributed by atoms with Crippen molar-refractivity contribution in [3.63, 3.8) is 0 Å². The van der Waals surface area contributed by atoms with Crippen LogP contribution in [0.4, 0.5) is 5.69 Å². The van der Waals surface area contributed by atoms with Gasteiger partial charge in [0.1, 0.15) is 6.54 Å². The molecule has 0 bridgehead atoms. The summed E-state index contributed by atoms with van der Waals surface area (Å²) in [5, 5.41) is 4.73. The van der Waals surface area contributed by atoms with Gasteiger partial charge in [0, 0.05) is 6.26 Å². The number of nitrogens with one attached hydrogen (secondary N) is 2. The summed E-state index contributed by atoms with van der Waals surface area (Å²) in [6.07, 6.45) is 2.32. The number of rotatable bonds is 7. The second kappa shape index (κ2) is 8.69. The molecule has 9 nitrogen and oxygen atoms in total. The number of amides is 2. The first kappa shape index (κ1) is 20.5. The van der Waals surface area contributed by atoms with Crippen LogP contribution in [-0.4, -0.2) is 45.6 Å². The minimum Gasteiger partial charge on any atom is -0.459 e. The molecule has 0 saturated heterocycles. The number of hydrogen-bond donors (Lipinski definition) is 2. The van der Waals surface area contributed by atoms with Crippen molar-refractivity contribution in [1.82, 2.24) is 5.32 Å². The molecule has 0 unspecified atom stereocenters. The van der Waals surface area contributed by atoms with Crippen LogP contribution in [0.3, 0.4) is 0 Å². The maximum Gasteiger partial charge on any atom is 0.325 e. The van der Waals surface area contributed by atoms with Crippen molar-refractivity contribution >= 4 is 44.9 Å². The summed E-state index contributed by atoms with van der Waals surface area (Å²) in [5.41, 5.74) is 0.0618. The van der Waals surface area contributed by atoms with Crippen molar-refractivity contribution in [2.45, 2.75) is 4.90 Å². The van der Waals surface area contributed by atoms with Crippen molar-refractivity contribution in [2.75, 3.05) is 24.7 Å². The average molecular weight is 415 g/mol. The summed E-state index contributed by atoms with van der Waals surface area (Å²) < 4.78 is 32.7. The van der Waals surface area contributed by atoms with Crippen molar-refractivity contribution in [1.29, 1.82) is 0 Å². The monoisotopic (exact) mass is 414 g/mol. The molecule has 0 fully saturated rings. The summed E-state index contributed by atoms with van der Waals surface area (Å²) in [4.78, 5) is 35.0. The first-order valence-electron chi connectivity index (χ1n) is 7.43. The molecule has 11 heteroatoms. The Morgan fingerprint density at radius 3 is 2.59 bits per heavy atom. The lowest BCUT2D eigenvalue weighted by molar-refractivity contribution is -0.146. The number of halogens is 1. The minimum atomic E-state index is -3.48. The summed E-state index contributed by atoms with van der Waals surface area (Å²) in [6.45, 7) is -1.11. The molecule has 0 spiro atoms. The van der Waals surface area contributed by atoms with Crippen molar-refractivity contribution in [3.8, 4) is 0 Å². The van der Waals surface area contributed by atoms with E-state index in [0.717, 1.165) is 6.26 Å². The number of furan rings is 1. The van der Waals surface area contributed by atoms with E-state index in [9.17, 15) is 22.8 Å². The van der Waals surface area contributed by atoms with Gasteiger partial charge in [0.25, 0.3) is 11.8 Å². The third-order valence-corrected chi connectivity index (χ3v) is 4.58. The van der Waals surface area contributed by atoms with Crippen LogP contribution in [0, 0.1) is 0 Å². The largest absolute Gasteiger partial charge is 0.459 e. The van der Waals surface area contributed by atoms with Crippen LogP contribution in [0.25, 0.3) is 0 Å². The standard InChI is InChI=1S/C16H15ClN2O7S/c1-27(23,24)10-4-5-11(17)12(7-10)19-14(20)9-26-15(21)8-18-16(22)13-3-2-6-25-13/h2-7H,8-9H2,1H3,(H,18,22)(H,19,20). The second-order valence-corrected chi connectivity index (χ2v) is 7.71. The molecule has 2 rings (SSSR count). The van der Waals surface area contributed by atoms with Crippen LogP contribution in [0.5, 0.6) is 0 Å². The smallest absolute Gasteiger partial charge is 0.325 e. The maximum absolute atomic E-state index is 11.9. The van der Waals surface area contributed by atoms with E-state index >= 15 is 0 Å². The zero-order valence-electron chi connectivity index (χ0n) is 14.0. The van der Waals surface area contributed by atoms with Crippen LogP contribution in [0.2, 0.25) is 5.02 Å². The van der Waals surface area contributed by atoms with Crippen LogP contribution >= 0.6 is 11.6 Å². The van der Waals surface area contributed by atoms with E-state index in [1.165, 1.54) is 36.6 Å². The van der Waals surface area contributed by atoms with Crippen molar-refractivity contribution in [3.05, 3.63) is 47.4 Å². The molecule has 2 N–H and O–H groups in total. The molecule has 0 saturated carbocycles. The van der Waals surface area contributed by atoms with E-state index in [1.807, 2.05) is 0 Å². The van der Waals surface area contributed by atoms with Gasteiger partial charge in [0.2, 0.25) is 0 Å². The molecule has 1 heterocycles. The molecule has 0 aliphatic rings. The highest BCUT2D eigenvalue weighted by Crippen LogP contribution is 2.25. The maximum atomic E-state index is 11.9. The Morgan fingerprint density at radius 2 is 1.96 bits per heavy atom. The van der Waals surface area contributed by atoms with E-state index in [1.54, 1.807) is 0 Å². The Bertz CT molecular complexity index is 955. The minimum absolute atomic E-state index is 0.0279. The Hall–Kier alpha value is -2.85. The molecule has 1 aromatic carbocycles. The fourth-order valence-electron chi connectivity index (χ4n) is 1.86. The van der Waals surface area contributed by atoms with Crippen LogP contribution in [0.1, 0.15) is 10.6 Å². The molecule has 27 heavy (non-hydrogen) atoms. The Balaban J connectivity index is 1.84. The molecular formula is C16H15ClN2O7S. The lowest BCUT2D eigenvalue weighted by Gasteiger charge is -2.09. The molecule has 0 radical (unpaired) electrons. The molecule has 0 aliphatic carbocycles. The molecule has 1 aromatic heterocycles. The Kier molecular flexibility index (Phi) is 6.59. The zero-order valence-corrected chi connectivity index (χ0v) is 15.6. The number of anilines is 1. The summed E-state index contributed by atoms with van der Waals surface area (Å²) in [6, 6.07) is 6.75. The third kappa shape index (κ3) is 6.12. The number of carbonyl (C=O) groups is 3. The first-order chi connectivity index (χ1) is 12.7. The van der Waals surface area contributed by atoms with Gasteiger partial charge in [-0.3, -0.25) is 14.4 Å². The van der Waals surface area contributed by atoms with Gasteiger partial charge < -0.3 is 19.8 Å². The van der Waals surface area contributed by atoms with Crippen LogP contribution in [-0.2, 0) is 24.2 Å². The van der Waals surface area contributed by atoms with Gasteiger partial charge >= 0.3 is 5.97 Å². The second-order valence-electron chi connectivity index (χ2n) is 5.28. The normalized spacial score (nSPS) is 10.9. The van der Waals surface area contributed by atoms with Gasteiger partial charge in [-0.15, -0.1) is 0 Å². The number of hydrogen-bond acceptors (Lipinski definition) is 7. The molecule has 0 atom stereocenters. The van der Waals surface area contributed by atoms with E-state index in [0.29, 0.717) is 0 Å². The van der Waals surface area contributed by atoms with E-state index in [4.69, 9.17) is 20.8 Å². The van der Waals surface area contributed by atoms with Crippen LogP contribution < -0.4 is 10.6 Å². The third-order valence-electron chi connectivity index (χ3n) is 3.14. The van der Waals surface area contributed by atoms with E-state index < -0.39 is 40.8 Å². The van der Waals surface area contributed by atoms with Gasteiger partial charge in [0.05, 0.1) is 21.9 Å². The summed E-state index contributed by atoms with van der Waals surface area (Å²) in [5.74, 6) is -2.15. The van der Waals surface area contributed by atoms with Gasteiger partial charge in [-0.1, -0.05) is 11.6 Å². The highest BCUT2D eigenvalue weighted by molar-refractivity contribution is 7.90. The van der Waals surface area contributed by atoms with E-state index in [2.05, 4.69) is 10.6 Å². The van der Waals surface area contributed by atoms with Gasteiger partial charge in [-0.2, -0.15) is 0 Å². The summed E-state index contributed by atoms with van der Waals surface area (Å²) in [7, 11) is -3.48. The van der Waals surface area contributed by atoms with Crippen molar-refractivity contribution in [2.24, 2.45) is 0 Å². The fourth-order valence-corrected chi connectivity index (χ4v) is 2.67. The summed E-state index contributed by atoms with van der Waals surface area (Å²) >= 11 is 5.91. The number of sulfone groups is 1. The molecule has 0 aliphatic heterocycles. The number of esters is 1. The number of carbonyl (C=O) groups excluding carboxylic acids is 3. The predicted molar refractivity (Wildman–Crippen MR) is 95.2 cm³/mol. The molecule has 144 valence electrons. The lowest BCUT2D eigenvalue weighted by Crippen LogP contribution is -2.32. The molecule has 2 aromatic rings. The molecule has 2 amide bonds. The lowest BCUT2D eigenvalue weighted by atomic mass is 10.3. The fraction of sp³-hybridized carbons (Fsp3) is 0.188. The number of ether oxygens (including phenoxy) is 1. The van der Waals surface area contributed by atoms with Crippen LogP contribution in [0.15, 0.2) is 45.9 Å². The van der Waals surface area contributed by atoms with Gasteiger partial charge in [-0.25, -0.2) is 8.42 Å². The topological polar surface area (TPSA) is 132 Å². The predicted octanol–water partition coefficient (Wildman–Crippen LogP) is 1.25. The Morgan fingerprint density at radius 1 is 1.22 bits per heavy atom. The first-order valence-corrected chi connectivity index (χ1v) is 9.70. The zero-order chi connectivity index (χ0) is 20.0. The number of benzene rings is 1. The molecular weight excluding hydrogens is 400 g/mol.